The Morgan fingerprint density at radius 1 is 1.26 bits per heavy atom. The number of hydrogen-bond donors (Lipinski definition) is 1. The Morgan fingerprint density at radius 2 is 2.04 bits per heavy atom. The van der Waals surface area contributed by atoms with Crippen LogP contribution in [0.3, 0.4) is 0 Å². The average Bonchev–Trinajstić information content (AvgIpc) is 3.01. The number of nitrogens with one attached hydrogen (secondary N) is 1. The average molecular weight is 333 g/mol. The lowest BCUT2D eigenvalue weighted by molar-refractivity contribution is -0.134. The molecule has 2 unspecified atom stereocenters. The Morgan fingerprint density at radius 3 is 2.83 bits per heavy atom. The van der Waals surface area contributed by atoms with Gasteiger partial charge in [0.15, 0.2) is 0 Å². The van der Waals surface area contributed by atoms with Crippen LogP contribution < -0.4 is 10.6 Å². The number of carbonyl (C=O) groups excluding carboxylic acids is 1. The Bertz CT molecular complexity index is 661. The molecule has 0 bridgehead atoms. The summed E-state index contributed by atoms with van der Waals surface area (Å²) in [7, 11) is 0. The zero-order valence-corrected chi connectivity index (χ0v) is 15.1. The lowest BCUT2D eigenvalue weighted by atomic mass is 9.78. The van der Waals surface area contributed by atoms with Crippen molar-refractivity contribution in [3.8, 4) is 0 Å². The van der Waals surface area contributed by atoms with E-state index in [1.165, 1.54) is 48.6 Å². The van der Waals surface area contributed by atoms with Crippen LogP contribution in [0.15, 0.2) is 11.1 Å². The summed E-state index contributed by atoms with van der Waals surface area (Å²) in [6.07, 6.45) is 13.9. The highest BCUT2D eigenvalue weighted by molar-refractivity contribution is 8.00. The summed E-state index contributed by atoms with van der Waals surface area (Å²) in [5.41, 5.74) is 0. The number of aromatic nitrogens is 1. The maximum Gasteiger partial charge on any atom is 0.233 e. The van der Waals surface area contributed by atoms with Crippen LogP contribution in [0.2, 0.25) is 0 Å². The molecule has 1 aromatic heterocycles. The molecule has 1 aliphatic carbocycles. The van der Waals surface area contributed by atoms with Crippen LogP contribution in [-0.4, -0.2) is 34.1 Å². The fraction of sp³-hybridized carbons (Fsp3) is 0.632. The number of amides is 1. The molecule has 1 N–H and O–H groups in total. The number of rotatable bonds is 3. The second-order valence-corrected chi connectivity index (χ2v) is 7.70. The molecule has 126 valence electrons. The third-order valence-corrected chi connectivity index (χ3v) is 6.45. The quantitative estimate of drug-likeness (QED) is 0.864. The molecule has 2 aliphatic rings. The molecule has 1 aromatic rings. The van der Waals surface area contributed by atoms with E-state index in [1.54, 1.807) is 11.8 Å². The lowest BCUT2D eigenvalue weighted by Gasteiger charge is -2.44. The van der Waals surface area contributed by atoms with Crippen LogP contribution in [0.4, 0.5) is 0 Å². The second-order valence-electron chi connectivity index (χ2n) is 6.69. The SMILES string of the molecule is CC=c1[nH]cc(SCC(=O)N2CCCC3CCCCC32)c1=CC. The van der Waals surface area contributed by atoms with Crippen LogP contribution in [-0.2, 0) is 4.79 Å². The molecule has 3 nitrogen and oxygen atoms in total. The van der Waals surface area contributed by atoms with Crippen molar-refractivity contribution in [1.82, 2.24) is 9.88 Å². The maximum absolute atomic E-state index is 12.8. The van der Waals surface area contributed by atoms with E-state index in [0.717, 1.165) is 17.8 Å². The fourth-order valence-electron chi connectivity index (χ4n) is 4.24. The number of piperidine rings is 1. The first-order chi connectivity index (χ1) is 11.2. The van der Waals surface area contributed by atoms with Gasteiger partial charge in [0, 0.05) is 34.2 Å². The van der Waals surface area contributed by atoms with E-state index < -0.39 is 0 Å². The summed E-state index contributed by atoms with van der Waals surface area (Å²) < 4.78 is 0. The molecule has 0 spiro atoms. The van der Waals surface area contributed by atoms with Gasteiger partial charge in [0.1, 0.15) is 0 Å². The van der Waals surface area contributed by atoms with Gasteiger partial charge in [-0.25, -0.2) is 0 Å². The Kier molecular flexibility index (Phi) is 5.52. The van der Waals surface area contributed by atoms with Crippen LogP contribution in [0, 0.1) is 5.92 Å². The molecule has 4 heteroatoms. The largest absolute Gasteiger partial charge is 0.360 e. The number of nitrogens with zero attached hydrogens (tertiary/aromatic N) is 1. The Labute approximate surface area is 143 Å². The minimum atomic E-state index is 0.330. The van der Waals surface area contributed by atoms with E-state index in [-0.39, 0.29) is 0 Å². The topological polar surface area (TPSA) is 36.1 Å². The third kappa shape index (κ3) is 3.52. The van der Waals surface area contributed by atoms with Gasteiger partial charge < -0.3 is 9.88 Å². The maximum atomic E-state index is 12.8. The van der Waals surface area contributed by atoms with E-state index in [2.05, 4.69) is 29.0 Å². The van der Waals surface area contributed by atoms with Crippen LogP contribution in [0.1, 0.15) is 52.4 Å². The summed E-state index contributed by atoms with van der Waals surface area (Å²) in [4.78, 5) is 19.5. The van der Waals surface area contributed by atoms with Gasteiger partial charge in [0.25, 0.3) is 0 Å². The molecule has 2 fully saturated rings. The molecular weight excluding hydrogens is 304 g/mol. The Balaban J connectivity index is 1.66. The standard InChI is InChI=1S/C19H28N2OS/c1-3-15-16(4-2)20-12-18(15)23-13-19(22)21-11-7-9-14-8-5-6-10-17(14)21/h3-4,12,14,17,20H,5-11,13H2,1-2H3. The molecule has 0 aromatic carbocycles. The van der Waals surface area contributed by atoms with Crippen LogP contribution >= 0.6 is 11.8 Å². The highest BCUT2D eigenvalue weighted by Crippen LogP contribution is 2.35. The molecular formula is C19H28N2OS. The van der Waals surface area contributed by atoms with E-state index in [4.69, 9.17) is 0 Å². The van der Waals surface area contributed by atoms with E-state index in [1.807, 2.05) is 13.1 Å². The van der Waals surface area contributed by atoms with Gasteiger partial charge in [-0.1, -0.05) is 25.0 Å². The van der Waals surface area contributed by atoms with Gasteiger partial charge in [-0.05, 0) is 45.4 Å². The second kappa shape index (κ2) is 7.61. The van der Waals surface area contributed by atoms with Crippen molar-refractivity contribution in [2.24, 2.45) is 5.92 Å². The summed E-state index contributed by atoms with van der Waals surface area (Å²) in [5, 5.41) is 2.37. The van der Waals surface area contributed by atoms with Crippen molar-refractivity contribution in [3.63, 3.8) is 0 Å². The van der Waals surface area contributed by atoms with Crippen molar-refractivity contribution in [2.45, 2.75) is 63.3 Å². The van der Waals surface area contributed by atoms with Gasteiger partial charge in [0.05, 0.1) is 5.75 Å². The molecule has 23 heavy (non-hydrogen) atoms. The highest BCUT2D eigenvalue weighted by Gasteiger charge is 2.35. The predicted octanol–water partition coefficient (Wildman–Crippen LogP) is 2.89. The van der Waals surface area contributed by atoms with Gasteiger partial charge in [-0.2, -0.15) is 0 Å². The number of H-pyrrole nitrogens is 1. The molecule has 2 atom stereocenters. The fourth-order valence-corrected chi connectivity index (χ4v) is 5.21. The lowest BCUT2D eigenvalue weighted by Crippen LogP contribution is -2.50. The molecule has 1 aliphatic heterocycles. The number of fused-ring (bicyclic) bond motifs is 1. The van der Waals surface area contributed by atoms with Crippen molar-refractivity contribution < 1.29 is 4.79 Å². The van der Waals surface area contributed by atoms with Crippen LogP contribution in [0.5, 0.6) is 0 Å². The normalized spacial score (nSPS) is 26.4. The van der Waals surface area contributed by atoms with Crippen molar-refractivity contribution in [3.05, 3.63) is 16.8 Å². The summed E-state index contributed by atoms with van der Waals surface area (Å²) in [6.45, 7) is 5.06. The number of likely N-dealkylation sites (tertiary alicyclic amines) is 1. The smallest absolute Gasteiger partial charge is 0.233 e. The minimum absolute atomic E-state index is 0.330. The van der Waals surface area contributed by atoms with Crippen molar-refractivity contribution in [1.29, 1.82) is 0 Å². The van der Waals surface area contributed by atoms with Gasteiger partial charge in [-0.3, -0.25) is 4.79 Å². The number of aromatic amines is 1. The first kappa shape index (κ1) is 16.7. The molecule has 1 saturated carbocycles. The zero-order chi connectivity index (χ0) is 16.2. The van der Waals surface area contributed by atoms with E-state index in [9.17, 15) is 4.79 Å². The minimum Gasteiger partial charge on any atom is -0.360 e. The van der Waals surface area contributed by atoms with Gasteiger partial charge in [-0.15, -0.1) is 11.8 Å². The number of carbonyl (C=O) groups is 1. The van der Waals surface area contributed by atoms with Crippen molar-refractivity contribution >= 4 is 29.8 Å². The van der Waals surface area contributed by atoms with E-state index in [0.29, 0.717) is 17.7 Å². The number of thioether (sulfide) groups is 1. The molecule has 0 radical (unpaired) electrons. The highest BCUT2D eigenvalue weighted by atomic mass is 32.2. The summed E-state index contributed by atoms with van der Waals surface area (Å²) in [6, 6.07) is 0.522. The molecule has 1 saturated heterocycles. The molecule has 3 rings (SSSR count). The summed E-state index contributed by atoms with van der Waals surface area (Å²) in [5.74, 6) is 1.65. The van der Waals surface area contributed by atoms with Gasteiger partial charge >= 0.3 is 0 Å². The predicted molar refractivity (Wildman–Crippen MR) is 97.7 cm³/mol. The first-order valence-electron chi connectivity index (χ1n) is 8.97. The van der Waals surface area contributed by atoms with Crippen LogP contribution in [0.25, 0.3) is 12.2 Å². The zero-order valence-electron chi connectivity index (χ0n) is 14.3. The number of hydrogen-bond acceptors (Lipinski definition) is 2. The molecule has 1 amide bonds. The monoisotopic (exact) mass is 332 g/mol. The van der Waals surface area contributed by atoms with Crippen molar-refractivity contribution in [2.75, 3.05) is 12.3 Å². The first-order valence-corrected chi connectivity index (χ1v) is 9.95. The summed E-state index contributed by atoms with van der Waals surface area (Å²) >= 11 is 1.68. The van der Waals surface area contributed by atoms with E-state index >= 15 is 0 Å². The molecule has 2 heterocycles. The van der Waals surface area contributed by atoms with Gasteiger partial charge in [0.2, 0.25) is 5.91 Å². The third-order valence-electron chi connectivity index (χ3n) is 5.41. The Hall–Kier alpha value is -1.16.